The smallest absolute Gasteiger partial charge is 0.218 e. The molecule has 0 atom stereocenters. The molecule has 0 spiro atoms. The van der Waals surface area contributed by atoms with E-state index in [0.717, 1.165) is 31.4 Å². The van der Waals surface area contributed by atoms with Crippen LogP contribution in [-0.4, -0.2) is 11.6 Å². The predicted molar refractivity (Wildman–Crippen MR) is 85.7 cm³/mol. The molecule has 3 rings (SSSR count). The van der Waals surface area contributed by atoms with Gasteiger partial charge in [-0.25, -0.2) is 0 Å². The highest BCUT2D eigenvalue weighted by Crippen LogP contribution is 2.41. The second-order valence-corrected chi connectivity index (χ2v) is 6.06. The Labute approximate surface area is 135 Å². The molecular formula is C19H21F2NO. The van der Waals surface area contributed by atoms with E-state index in [1.807, 2.05) is 19.1 Å². The van der Waals surface area contributed by atoms with Crippen molar-refractivity contribution in [2.45, 2.75) is 44.4 Å². The van der Waals surface area contributed by atoms with Crippen molar-refractivity contribution in [2.75, 3.05) is 6.61 Å². The van der Waals surface area contributed by atoms with E-state index in [9.17, 15) is 8.78 Å². The molecule has 1 fully saturated rings. The molecule has 1 heterocycles. The number of rotatable bonds is 4. The zero-order valence-corrected chi connectivity index (χ0v) is 13.3. The molecule has 2 nitrogen and oxygen atoms in total. The molecule has 0 aliphatic heterocycles. The van der Waals surface area contributed by atoms with Gasteiger partial charge in [0.05, 0.1) is 6.61 Å². The van der Waals surface area contributed by atoms with Gasteiger partial charge in [0.1, 0.15) is 5.75 Å². The van der Waals surface area contributed by atoms with Crippen molar-refractivity contribution in [1.82, 2.24) is 4.98 Å². The Morgan fingerprint density at radius 2 is 1.61 bits per heavy atom. The van der Waals surface area contributed by atoms with Crippen LogP contribution in [0.15, 0.2) is 36.4 Å². The standard InChI is InChI=1S/C19H21F2NO/c1-2-23-16-9-7-14(8-10-16)13-3-5-15(6-4-13)17-11-12-18(20)22-19(17)21/h7-13,15H,2-6H2,1H3/t13-,15-. The summed E-state index contributed by atoms with van der Waals surface area (Å²) in [5.74, 6) is 0.119. The summed E-state index contributed by atoms with van der Waals surface area (Å²) in [5, 5.41) is 0. The van der Waals surface area contributed by atoms with Crippen molar-refractivity contribution < 1.29 is 13.5 Å². The van der Waals surface area contributed by atoms with Gasteiger partial charge in [-0.15, -0.1) is 0 Å². The molecule has 1 aliphatic rings. The minimum Gasteiger partial charge on any atom is -0.494 e. The van der Waals surface area contributed by atoms with Gasteiger partial charge in [0.15, 0.2) is 0 Å². The lowest BCUT2D eigenvalue weighted by atomic mass is 9.76. The summed E-state index contributed by atoms with van der Waals surface area (Å²) in [5.41, 5.74) is 1.86. The van der Waals surface area contributed by atoms with Crippen LogP contribution in [0.2, 0.25) is 0 Å². The summed E-state index contributed by atoms with van der Waals surface area (Å²) in [4.78, 5) is 3.31. The molecule has 0 amide bonds. The second-order valence-electron chi connectivity index (χ2n) is 6.06. The molecule has 2 aromatic rings. The first-order valence-corrected chi connectivity index (χ1v) is 8.22. The zero-order valence-electron chi connectivity index (χ0n) is 13.3. The summed E-state index contributed by atoms with van der Waals surface area (Å²) < 4.78 is 32.2. The largest absolute Gasteiger partial charge is 0.494 e. The van der Waals surface area contributed by atoms with Crippen LogP contribution in [0, 0.1) is 11.9 Å². The Bertz CT molecular complexity index is 649. The number of halogens is 2. The van der Waals surface area contributed by atoms with Gasteiger partial charge in [-0.2, -0.15) is 13.8 Å². The topological polar surface area (TPSA) is 22.1 Å². The fourth-order valence-electron chi connectivity index (χ4n) is 3.47. The summed E-state index contributed by atoms with van der Waals surface area (Å²) in [7, 11) is 0. The monoisotopic (exact) mass is 317 g/mol. The molecule has 0 saturated heterocycles. The van der Waals surface area contributed by atoms with E-state index in [-0.39, 0.29) is 5.92 Å². The maximum Gasteiger partial charge on any atom is 0.218 e. The molecule has 1 aliphatic carbocycles. The Kier molecular flexibility index (Phi) is 4.89. The average Bonchev–Trinajstić information content (AvgIpc) is 2.56. The third-order valence-corrected chi connectivity index (χ3v) is 4.67. The number of hydrogen-bond donors (Lipinski definition) is 0. The minimum atomic E-state index is -0.755. The highest BCUT2D eigenvalue weighted by Gasteiger charge is 2.25. The van der Waals surface area contributed by atoms with Crippen LogP contribution in [0.1, 0.15) is 55.6 Å². The lowest BCUT2D eigenvalue weighted by molar-refractivity contribution is 0.339. The van der Waals surface area contributed by atoms with E-state index in [2.05, 4.69) is 17.1 Å². The lowest BCUT2D eigenvalue weighted by Crippen LogP contribution is -2.14. The van der Waals surface area contributed by atoms with Gasteiger partial charge in [0.2, 0.25) is 11.9 Å². The highest BCUT2D eigenvalue weighted by atomic mass is 19.1. The van der Waals surface area contributed by atoms with Gasteiger partial charge in [-0.05, 0) is 74.3 Å². The third-order valence-electron chi connectivity index (χ3n) is 4.67. The van der Waals surface area contributed by atoms with Crippen LogP contribution in [0.3, 0.4) is 0 Å². The average molecular weight is 317 g/mol. The van der Waals surface area contributed by atoms with Crippen LogP contribution in [0.25, 0.3) is 0 Å². The van der Waals surface area contributed by atoms with Crippen LogP contribution in [0.4, 0.5) is 8.78 Å². The molecular weight excluding hydrogens is 296 g/mol. The first-order valence-electron chi connectivity index (χ1n) is 8.22. The van der Waals surface area contributed by atoms with Gasteiger partial charge in [0, 0.05) is 5.56 Å². The first-order chi connectivity index (χ1) is 11.2. The van der Waals surface area contributed by atoms with Crippen molar-refractivity contribution in [3.63, 3.8) is 0 Å². The predicted octanol–water partition coefficient (Wildman–Crippen LogP) is 5.20. The minimum absolute atomic E-state index is 0.141. The van der Waals surface area contributed by atoms with Gasteiger partial charge in [0.25, 0.3) is 0 Å². The Balaban J connectivity index is 1.63. The fraction of sp³-hybridized carbons (Fsp3) is 0.421. The van der Waals surface area contributed by atoms with Crippen LogP contribution >= 0.6 is 0 Å². The number of ether oxygens (including phenoxy) is 1. The van der Waals surface area contributed by atoms with E-state index in [1.165, 1.54) is 11.6 Å². The van der Waals surface area contributed by atoms with Crippen molar-refractivity contribution in [2.24, 2.45) is 0 Å². The van der Waals surface area contributed by atoms with Crippen LogP contribution < -0.4 is 4.74 Å². The summed E-state index contributed by atoms with van der Waals surface area (Å²) in [6.45, 7) is 2.64. The molecule has 122 valence electrons. The summed E-state index contributed by atoms with van der Waals surface area (Å²) >= 11 is 0. The van der Waals surface area contributed by atoms with E-state index >= 15 is 0 Å². The maximum atomic E-state index is 13.8. The van der Waals surface area contributed by atoms with Crippen molar-refractivity contribution in [3.05, 3.63) is 59.4 Å². The molecule has 1 saturated carbocycles. The van der Waals surface area contributed by atoms with Crippen LogP contribution in [-0.2, 0) is 0 Å². The van der Waals surface area contributed by atoms with E-state index < -0.39 is 11.9 Å². The SMILES string of the molecule is CCOc1ccc([C@H]2CC[C@H](c3ccc(F)nc3F)CC2)cc1. The number of hydrogen-bond acceptors (Lipinski definition) is 2. The van der Waals surface area contributed by atoms with Crippen LogP contribution in [0.5, 0.6) is 5.75 Å². The first kappa shape index (κ1) is 15.9. The van der Waals surface area contributed by atoms with Gasteiger partial charge >= 0.3 is 0 Å². The van der Waals surface area contributed by atoms with Crippen molar-refractivity contribution >= 4 is 0 Å². The quantitative estimate of drug-likeness (QED) is 0.723. The second kappa shape index (κ2) is 7.07. The molecule has 23 heavy (non-hydrogen) atoms. The molecule has 0 unspecified atom stereocenters. The maximum absolute atomic E-state index is 13.8. The lowest BCUT2D eigenvalue weighted by Gasteiger charge is -2.29. The fourth-order valence-corrected chi connectivity index (χ4v) is 3.47. The zero-order chi connectivity index (χ0) is 16.2. The summed E-state index contributed by atoms with van der Waals surface area (Å²) in [6, 6.07) is 11.0. The number of nitrogens with zero attached hydrogens (tertiary/aromatic N) is 1. The molecule has 0 N–H and O–H groups in total. The highest BCUT2D eigenvalue weighted by molar-refractivity contribution is 5.30. The number of aromatic nitrogens is 1. The van der Waals surface area contributed by atoms with Gasteiger partial charge in [-0.3, -0.25) is 0 Å². The van der Waals surface area contributed by atoms with E-state index in [1.54, 1.807) is 6.07 Å². The molecule has 1 aromatic carbocycles. The normalized spacial score (nSPS) is 21.2. The molecule has 0 radical (unpaired) electrons. The van der Waals surface area contributed by atoms with E-state index in [0.29, 0.717) is 18.1 Å². The molecule has 4 heteroatoms. The Morgan fingerprint density at radius 1 is 0.957 bits per heavy atom. The number of benzene rings is 1. The van der Waals surface area contributed by atoms with Crippen molar-refractivity contribution in [1.29, 1.82) is 0 Å². The third kappa shape index (κ3) is 3.69. The Hall–Kier alpha value is -1.97. The molecule has 0 bridgehead atoms. The van der Waals surface area contributed by atoms with Gasteiger partial charge in [-0.1, -0.05) is 12.1 Å². The molecule has 1 aromatic heterocycles. The summed E-state index contributed by atoms with van der Waals surface area (Å²) in [6.07, 6.45) is 3.83. The number of pyridine rings is 1. The van der Waals surface area contributed by atoms with Gasteiger partial charge < -0.3 is 4.74 Å². The van der Waals surface area contributed by atoms with Crippen molar-refractivity contribution in [3.8, 4) is 5.75 Å². The van der Waals surface area contributed by atoms with E-state index in [4.69, 9.17) is 4.74 Å². The Morgan fingerprint density at radius 3 is 2.22 bits per heavy atom.